The molecule has 0 spiro atoms. The molecule has 1 saturated heterocycles. The molecule has 1 atom stereocenters. The number of halogens is 1. The monoisotopic (exact) mass is 349 g/mol. The maximum atomic E-state index is 12.1. The Balaban J connectivity index is 2.00. The van der Waals surface area contributed by atoms with Gasteiger partial charge in [-0.2, -0.15) is 11.8 Å². The standard InChI is InChI=1S/C12H16BrNO2S2/c13-7-10-1-3-12(4-2-10)18(15,16)14-8-11-5-6-17-9-11/h1-4,11,14H,5-9H2. The van der Waals surface area contributed by atoms with Crippen molar-refractivity contribution in [2.75, 3.05) is 18.1 Å². The lowest BCUT2D eigenvalue weighted by molar-refractivity contribution is 0.546. The van der Waals surface area contributed by atoms with Crippen molar-refractivity contribution in [2.45, 2.75) is 16.6 Å². The Bertz CT molecular complexity index is 481. The van der Waals surface area contributed by atoms with Crippen LogP contribution in [0.4, 0.5) is 0 Å². The topological polar surface area (TPSA) is 46.2 Å². The molecule has 1 heterocycles. The normalized spacial score (nSPS) is 20.2. The average molecular weight is 350 g/mol. The number of hydrogen-bond donors (Lipinski definition) is 1. The van der Waals surface area contributed by atoms with Gasteiger partial charge in [-0.15, -0.1) is 0 Å². The van der Waals surface area contributed by atoms with Crippen LogP contribution in [0.5, 0.6) is 0 Å². The molecular weight excluding hydrogens is 334 g/mol. The third-order valence-corrected chi connectivity index (χ3v) is 6.29. The lowest BCUT2D eigenvalue weighted by Gasteiger charge is -2.11. The smallest absolute Gasteiger partial charge is 0.211 e. The van der Waals surface area contributed by atoms with E-state index in [1.165, 1.54) is 0 Å². The van der Waals surface area contributed by atoms with E-state index in [2.05, 4.69) is 20.7 Å². The summed E-state index contributed by atoms with van der Waals surface area (Å²) >= 11 is 5.23. The van der Waals surface area contributed by atoms with E-state index in [4.69, 9.17) is 0 Å². The van der Waals surface area contributed by atoms with E-state index >= 15 is 0 Å². The van der Waals surface area contributed by atoms with Gasteiger partial charge in [0.25, 0.3) is 0 Å². The van der Waals surface area contributed by atoms with Crippen molar-refractivity contribution in [1.29, 1.82) is 0 Å². The van der Waals surface area contributed by atoms with Crippen LogP contribution in [-0.2, 0) is 15.4 Å². The van der Waals surface area contributed by atoms with Gasteiger partial charge in [0.15, 0.2) is 0 Å². The largest absolute Gasteiger partial charge is 0.240 e. The molecule has 1 N–H and O–H groups in total. The van der Waals surface area contributed by atoms with Gasteiger partial charge in [-0.1, -0.05) is 28.1 Å². The number of benzene rings is 1. The van der Waals surface area contributed by atoms with Gasteiger partial charge < -0.3 is 0 Å². The maximum Gasteiger partial charge on any atom is 0.240 e. The van der Waals surface area contributed by atoms with Crippen LogP contribution in [0.3, 0.4) is 0 Å². The maximum absolute atomic E-state index is 12.1. The van der Waals surface area contributed by atoms with Gasteiger partial charge in [-0.25, -0.2) is 13.1 Å². The molecule has 0 amide bonds. The zero-order chi connectivity index (χ0) is 13.0. The Kier molecular flexibility index (Phi) is 5.12. The molecule has 1 aromatic rings. The van der Waals surface area contributed by atoms with Crippen LogP contribution in [0.25, 0.3) is 0 Å². The Morgan fingerprint density at radius 1 is 1.33 bits per heavy atom. The third kappa shape index (κ3) is 3.73. The van der Waals surface area contributed by atoms with Crippen LogP contribution in [0, 0.1) is 5.92 Å². The molecule has 1 unspecified atom stereocenters. The van der Waals surface area contributed by atoms with E-state index in [1.807, 2.05) is 23.9 Å². The Hall–Kier alpha value is -0.0400. The summed E-state index contributed by atoms with van der Waals surface area (Å²) in [5.74, 6) is 2.68. The fourth-order valence-electron chi connectivity index (χ4n) is 1.81. The van der Waals surface area contributed by atoms with Crippen LogP contribution in [0.15, 0.2) is 29.2 Å². The molecule has 100 valence electrons. The second-order valence-corrected chi connectivity index (χ2v) is 7.84. The molecule has 0 aliphatic carbocycles. The summed E-state index contributed by atoms with van der Waals surface area (Å²) in [4.78, 5) is 0.345. The molecular formula is C12H16BrNO2S2. The molecule has 3 nitrogen and oxygen atoms in total. The van der Waals surface area contributed by atoms with Gasteiger partial charge in [0.2, 0.25) is 10.0 Å². The Morgan fingerprint density at radius 3 is 2.61 bits per heavy atom. The van der Waals surface area contributed by atoms with Gasteiger partial charge >= 0.3 is 0 Å². The minimum absolute atomic E-state index is 0.345. The SMILES string of the molecule is O=S(=O)(NCC1CCSC1)c1ccc(CBr)cc1. The van der Waals surface area contributed by atoms with Gasteiger partial charge in [0, 0.05) is 11.9 Å². The summed E-state index contributed by atoms with van der Waals surface area (Å²) in [5, 5.41) is 0.736. The second kappa shape index (κ2) is 6.41. The minimum atomic E-state index is -3.35. The molecule has 1 fully saturated rings. The summed E-state index contributed by atoms with van der Waals surface area (Å²) in [7, 11) is -3.35. The highest BCUT2D eigenvalue weighted by atomic mass is 79.9. The second-order valence-electron chi connectivity index (χ2n) is 4.36. The number of alkyl halides is 1. The fourth-order valence-corrected chi connectivity index (χ4v) is 4.59. The summed E-state index contributed by atoms with van der Waals surface area (Å²) < 4.78 is 26.8. The molecule has 0 radical (unpaired) electrons. The van der Waals surface area contributed by atoms with Crippen molar-refractivity contribution < 1.29 is 8.42 Å². The molecule has 6 heteroatoms. The van der Waals surface area contributed by atoms with Gasteiger partial charge in [0.1, 0.15) is 0 Å². The highest BCUT2D eigenvalue weighted by molar-refractivity contribution is 9.08. The first kappa shape index (κ1) is 14.4. The summed E-state index contributed by atoms with van der Waals surface area (Å²) in [6.07, 6.45) is 1.11. The zero-order valence-corrected chi connectivity index (χ0v) is 13.2. The lowest BCUT2D eigenvalue weighted by atomic mass is 10.1. The van der Waals surface area contributed by atoms with E-state index in [0.29, 0.717) is 17.4 Å². The van der Waals surface area contributed by atoms with E-state index < -0.39 is 10.0 Å². The zero-order valence-electron chi connectivity index (χ0n) is 9.93. The lowest BCUT2D eigenvalue weighted by Crippen LogP contribution is -2.29. The molecule has 1 aliphatic rings. The van der Waals surface area contributed by atoms with E-state index in [1.54, 1.807) is 12.1 Å². The first-order chi connectivity index (χ1) is 8.62. The predicted molar refractivity (Wildman–Crippen MR) is 79.7 cm³/mol. The number of sulfonamides is 1. The minimum Gasteiger partial charge on any atom is -0.211 e. The van der Waals surface area contributed by atoms with Crippen molar-refractivity contribution in [3.8, 4) is 0 Å². The molecule has 18 heavy (non-hydrogen) atoms. The number of thioether (sulfide) groups is 1. The van der Waals surface area contributed by atoms with Gasteiger partial charge in [-0.3, -0.25) is 0 Å². The molecule has 1 aromatic carbocycles. The van der Waals surface area contributed by atoms with Crippen LogP contribution < -0.4 is 4.72 Å². The molecule has 0 saturated carbocycles. The third-order valence-electron chi connectivity index (χ3n) is 2.97. The van der Waals surface area contributed by atoms with Gasteiger partial charge in [0.05, 0.1) is 4.90 Å². The van der Waals surface area contributed by atoms with E-state index in [-0.39, 0.29) is 0 Å². The molecule has 1 aliphatic heterocycles. The first-order valence-electron chi connectivity index (χ1n) is 5.84. The Morgan fingerprint density at radius 2 is 2.06 bits per heavy atom. The van der Waals surface area contributed by atoms with Gasteiger partial charge in [-0.05, 0) is 41.5 Å². The van der Waals surface area contributed by atoms with Crippen LogP contribution >= 0.6 is 27.7 Å². The van der Waals surface area contributed by atoms with Crippen molar-refractivity contribution in [2.24, 2.45) is 5.92 Å². The van der Waals surface area contributed by atoms with Crippen molar-refractivity contribution in [1.82, 2.24) is 4.72 Å². The molecule has 0 bridgehead atoms. The number of hydrogen-bond acceptors (Lipinski definition) is 3. The summed E-state index contributed by atoms with van der Waals surface area (Å²) in [6.45, 7) is 0.551. The first-order valence-corrected chi connectivity index (χ1v) is 9.60. The van der Waals surface area contributed by atoms with Crippen LogP contribution in [-0.4, -0.2) is 26.5 Å². The van der Waals surface area contributed by atoms with E-state index in [0.717, 1.165) is 28.8 Å². The highest BCUT2D eigenvalue weighted by Gasteiger charge is 2.19. The van der Waals surface area contributed by atoms with Crippen LogP contribution in [0.1, 0.15) is 12.0 Å². The van der Waals surface area contributed by atoms with Crippen LogP contribution in [0.2, 0.25) is 0 Å². The molecule has 2 rings (SSSR count). The quantitative estimate of drug-likeness (QED) is 0.831. The number of nitrogens with one attached hydrogen (secondary N) is 1. The molecule has 0 aromatic heterocycles. The summed E-state index contributed by atoms with van der Waals surface area (Å²) in [6, 6.07) is 6.97. The Labute approximate surface area is 121 Å². The summed E-state index contributed by atoms with van der Waals surface area (Å²) in [5.41, 5.74) is 1.07. The number of rotatable bonds is 5. The van der Waals surface area contributed by atoms with E-state index in [9.17, 15) is 8.42 Å². The fraction of sp³-hybridized carbons (Fsp3) is 0.500. The predicted octanol–water partition coefficient (Wildman–Crippen LogP) is 2.61. The highest BCUT2D eigenvalue weighted by Crippen LogP contribution is 2.23. The average Bonchev–Trinajstić information content (AvgIpc) is 2.90. The van der Waals surface area contributed by atoms with Crippen molar-refractivity contribution in [3.05, 3.63) is 29.8 Å². The van der Waals surface area contributed by atoms with Crippen molar-refractivity contribution in [3.63, 3.8) is 0 Å². The van der Waals surface area contributed by atoms with Crippen molar-refractivity contribution >= 4 is 37.7 Å².